The Bertz CT molecular complexity index is 534. The average Bonchev–Trinajstić information content (AvgIpc) is 2.77. The van der Waals surface area contributed by atoms with E-state index in [-0.39, 0.29) is 5.91 Å². The molecule has 2 heterocycles. The summed E-state index contributed by atoms with van der Waals surface area (Å²) in [4.78, 5) is 14.5. The zero-order valence-corrected chi connectivity index (χ0v) is 13.1. The molecule has 3 rings (SSSR count). The molecule has 5 heteroatoms. The lowest BCUT2D eigenvalue weighted by Gasteiger charge is -2.23. The van der Waals surface area contributed by atoms with Gasteiger partial charge in [-0.2, -0.15) is 0 Å². The van der Waals surface area contributed by atoms with Crippen molar-refractivity contribution in [1.82, 2.24) is 10.2 Å². The minimum atomic E-state index is 0.0399. The molecule has 1 amide bonds. The second-order valence-electron chi connectivity index (χ2n) is 6.17. The van der Waals surface area contributed by atoms with Crippen LogP contribution in [0.4, 0.5) is 5.69 Å². The Kier molecular flexibility index (Phi) is 4.48. The number of benzene rings is 1. The number of hydrogen-bond acceptors (Lipinski definition) is 3. The van der Waals surface area contributed by atoms with E-state index in [1.54, 1.807) is 6.07 Å². The van der Waals surface area contributed by atoms with E-state index < -0.39 is 0 Å². The molecule has 1 aromatic rings. The lowest BCUT2D eigenvalue weighted by atomic mass is 10.1. The first-order chi connectivity index (χ1) is 10.1. The van der Waals surface area contributed by atoms with Gasteiger partial charge in [-0.25, -0.2) is 0 Å². The first kappa shape index (κ1) is 14.8. The van der Waals surface area contributed by atoms with Gasteiger partial charge in [0.25, 0.3) is 0 Å². The largest absolute Gasteiger partial charge is 0.325 e. The highest BCUT2D eigenvalue weighted by atomic mass is 35.5. The van der Waals surface area contributed by atoms with Crippen LogP contribution >= 0.6 is 11.6 Å². The molecular formula is C16H22ClN3O. The van der Waals surface area contributed by atoms with Crippen molar-refractivity contribution in [2.45, 2.75) is 38.3 Å². The van der Waals surface area contributed by atoms with Gasteiger partial charge >= 0.3 is 0 Å². The molecule has 1 aromatic carbocycles. The molecule has 0 radical (unpaired) electrons. The fraction of sp³-hybridized carbons (Fsp3) is 0.562. The second-order valence-corrected chi connectivity index (χ2v) is 6.61. The smallest absolute Gasteiger partial charge is 0.238 e. The van der Waals surface area contributed by atoms with Gasteiger partial charge in [0.2, 0.25) is 5.91 Å². The van der Waals surface area contributed by atoms with Crippen LogP contribution < -0.4 is 10.6 Å². The third kappa shape index (κ3) is 3.76. The van der Waals surface area contributed by atoms with E-state index in [4.69, 9.17) is 11.6 Å². The van der Waals surface area contributed by atoms with Crippen molar-refractivity contribution in [1.29, 1.82) is 0 Å². The van der Waals surface area contributed by atoms with Gasteiger partial charge in [0.05, 0.1) is 6.54 Å². The standard InChI is InChI=1S/C16H22ClN3O/c1-11-2-3-12(17)8-15(11)19-16(21)10-20-7-6-13-4-5-14(9-20)18-13/h2-3,8,13-14,18H,4-7,9-10H2,1H3,(H,19,21). The molecule has 2 bridgehead atoms. The molecule has 2 aliphatic rings. The van der Waals surface area contributed by atoms with E-state index in [1.807, 2.05) is 19.1 Å². The highest BCUT2D eigenvalue weighted by molar-refractivity contribution is 6.31. The number of nitrogens with zero attached hydrogens (tertiary/aromatic N) is 1. The minimum absolute atomic E-state index is 0.0399. The van der Waals surface area contributed by atoms with E-state index in [0.29, 0.717) is 23.7 Å². The Hall–Kier alpha value is -1.10. The lowest BCUT2D eigenvalue weighted by Crippen LogP contribution is -2.39. The van der Waals surface area contributed by atoms with Gasteiger partial charge < -0.3 is 10.6 Å². The maximum Gasteiger partial charge on any atom is 0.238 e. The summed E-state index contributed by atoms with van der Waals surface area (Å²) in [6, 6.07) is 6.77. The second kappa shape index (κ2) is 6.34. The molecule has 0 saturated carbocycles. The molecule has 2 N–H and O–H groups in total. The fourth-order valence-corrected chi connectivity index (χ4v) is 3.45. The predicted octanol–water partition coefficient (Wildman–Crippen LogP) is 2.41. The van der Waals surface area contributed by atoms with Crippen LogP contribution in [0, 0.1) is 6.92 Å². The van der Waals surface area contributed by atoms with Gasteiger partial charge in [-0.3, -0.25) is 9.69 Å². The molecule has 2 fully saturated rings. The number of nitrogens with one attached hydrogen (secondary N) is 2. The quantitative estimate of drug-likeness (QED) is 0.901. The number of likely N-dealkylation sites (tertiary alicyclic amines) is 1. The van der Waals surface area contributed by atoms with Crippen LogP contribution in [-0.2, 0) is 4.79 Å². The Balaban J connectivity index is 1.57. The zero-order valence-electron chi connectivity index (χ0n) is 12.4. The minimum Gasteiger partial charge on any atom is -0.325 e. The van der Waals surface area contributed by atoms with Gasteiger partial charge in [0.15, 0.2) is 0 Å². The molecule has 21 heavy (non-hydrogen) atoms. The third-order valence-electron chi connectivity index (χ3n) is 4.45. The molecule has 114 valence electrons. The summed E-state index contributed by atoms with van der Waals surface area (Å²) < 4.78 is 0. The predicted molar refractivity (Wildman–Crippen MR) is 85.8 cm³/mol. The van der Waals surface area contributed by atoms with Crippen LogP contribution in [0.3, 0.4) is 0 Å². The maximum absolute atomic E-state index is 12.2. The van der Waals surface area contributed by atoms with Crippen LogP contribution in [0.15, 0.2) is 18.2 Å². The summed E-state index contributed by atoms with van der Waals surface area (Å²) in [5.74, 6) is 0.0399. The fourth-order valence-electron chi connectivity index (χ4n) is 3.28. The van der Waals surface area contributed by atoms with Gasteiger partial charge in [-0.05, 0) is 43.9 Å². The Labute approximate surface area is 130 Å². The lowest BCUT2D eigenvalue weighted by molar-refractivity contribution is -0.117. The summed E-state index contributed by atoms with van der Waals surface area (Å²) >= 11 is 5.99. The number of carbonyl (C=O) groups excluding carboxylic acids is 1. The molecule has 0 aromatic heterocycles. The van der Waals surface area contributed by atoms with Crippen LogP contribution in [0.25, 0.3) is 0 Å². The first-order valence-corrected chi connectivity index (χ1v) is 8.02. The highest BCUT2D eigenvalue weighted by Gasteiger charge is 2.29. The topological polar surface area (TPSA) is 44.4 Å². The Morgan fingerprint density at radius 2 is 2.19 bits per heavy atom. The normalized spacial score (nSPS) is 25.6. The number of hydrogen-bond donors (Lipinski definition) is 2. The molecule has 2 saturated heterocycles. The van der Waals surface area contributed by atoms with E-state index >= 15 is 0 Å². The SMILES string of the molecule is Cc1ccc(Cl)cc1NC(=O)CN1CCC2CCC(C1)N2. The van der Waals surface area contributed by atoms with Crippen LogP contribution in [0.5, 0.6) is 0 Å². The number of aryl methyl sites for hydroxylation is 1. The van der Waals surface area contributed by atoms with E-state index in [9.17, 15) is 4.79 Å². The summed E-state index contributed by atoms with van der Waals surface area (Å²) in [5.41, 5.74) is 1.84. The molecule has 2 atom stereocenters. The van der Waals surface area contributed by atoms with Crippen molar-refractivity contribution in [3.05, 3.63) is 28.8 Å². The summed E-state index contributed by atoms with van der Waals surface area (Å²) in [6.07, 6.45) is 3.66. The van der Waals surface area contributed by atoms with Crippen molar-refractivity contribution in [3.63, 3.8) is 0 Å². The first-order valence-electron chi connectivity index (χ1n) is 7.64. The van der Waals surface area contributed by atoms with Crippen molar-refractivity contribution in [2.75, 3.05) is 25.0 Å². The molecule has 0 aliphatic carbocycles. The van der Waals surface area contributed by atoms with Crippen LogP contribution in [0.1, 0.15) is 24.8 Å². The summed E-state index contributed by atoms with van der Waals surface area (Å²) in [7, 11) is 0. The van der Waals surface area contributed by atoms with Crippen molar-refractivity contribution in [2.24, 2.45) is 0 Å². The number of anilines is 1. The number of fused-ring (bicyclic) bond motifs is 2. The van der Waals surface area contributed by atoms with E-state index in [0.717, 1.165) is 30.8 Å². The number of amides is 1. The Morgan fingerprint density at radius 1 is 1.38 bits per heavy atom. The van der Waals surface area contributed by atoms with Gasteiger partial charge in [0.1, 0.15) is 0 Å². The molecule has 0 spiro atoms. The Morgan fingerprint density at radius 3 is 3.05 bits per heavy atom. The van der Waals surface area contributed by atoms with Gasteiger partial charge in [-0.1, -0.05) is 17.7 Å². The average molecular weight is 308 g/mol. The van der Waals surface area contributed by atoms with Gasteiger partial charge in [0, 0.05) is 35.9 Å². The molecule has 2 aliphatic heterocycles. The molecular weight excluding hydrogens is 286 g/mol. The monoisotopic (exact) mass is 307 g/mol. The zero-order chi connectivity index (χ0) is 14.8. The van der Waals surface area contributed by atoms with E-state index in [2.05, 4.69) is 15.5 Å². The molecule has 2 unspecified atom stereocenters. The van der Waals surface area contributed by atoms with Gasteiger partial charge in [-0.15, -0.1) is 0 Å². The number of carbonyl (C=O) groups is 1. The van der Waals surface area contributed by atoms with Crippen molar-refractivity contribution < 1.29 is 4.79 Å². The number of halogens is 1. The highest BCUT2D eigenvalue weighted by Crippen LogP contribution is 2.22. The molecule has 4 nitrogen and oxygen atoms in total. The van der Waals surface area contributed by atoms with E-state index in [1.165, 1.54) is 12.8 Å². The van der Waals surface area contributed by atoms with Crippen molar-refractivity contribution in [3.8, 4) is 0 Å². The maximum atomic E-state index is 12.2. The van der Waals surface area contributed by atoms with Crippen LogP contribution in [0.2, 0.25) is 5.02 Å². The third-order valence-corrected chi connectivity index (χ3v) is 4.68. The number of rotatable bonds is 3. The summed E-state index contributed by atoms with van der Waals surface area (Å²) in [5, 5.41) is 7.25. The summed E-state index contributed by atoms with van der Waals surface area (Å²) in [6.45, 7) is 4.40. The van der Waals surface area contributed by atoms with Crippen LogP contribution in [-0.4, -0.2) is 42.5 Å². The van der Waals surface area contributed by atoms with Crippen molar-refractivity contribution >= 4 is 23.2 Å².